The monoisotopic (exact) mass is 402 g/mol. The van der Waals surface area contributed by atoms with Crippen molar-refractivity contribution in [2.75, 3.05) is 77.4 Å². The Hall–Kier alpha value is -1.79. The minimum atomic E-state index is 0.872. The number of hydrogen-bond donors (Lipinski definition) is 2. The molecule has 0 atom stereocenters. The van der Waals surface area contributed by atoms with E-state index in [9.17, 15) is 0 Å². The van der Waals surface area contributed by atoms with Gasteiger partial charge in [0.15, 0.2) is 5.96 Å². The van der Waals surface area contributed by atoms with Crippen molar-refractivity contribution >= 4 is 11.6 Å². The molecule has 1 aliphatic heterocycles. The highest BCUT2D eigenvalue weighted by Gasteiger charge is 2.11. The summed E-state index contributed by atoms with van der Waals surface area (Å²) in [7, 11) is 2.22. The highest BCUT2D eigenvalue weighted by atomic mass is 15.2. The van der Waals surface area contributed by atoms with Crippen LogP contribution >= 0.6 is 0 Å². The first-order valence-corrected chi connectivity index (χ1v) is 11.4. The van der Waals surface area contributed by atoms with Gasteiger partial charge in [0.25, 0.3) is 0 Å². The van der Waals surface area contributed by atoms with Gasteiger partial charge in [-0.05, 0) is 78.0 Å². The van der Waals surface area contributed by atoms with E-state index in [4.69, 9.17) is 4.99 Å². The molecule has 29 heavy (non-hydrogen) atoms. The van der Waals surface area contributed by atoms with Gasteiger partial charge < -0.3 is 25.3 Å². The van der Waals surface area contributed by atoms with Gasteiger partial charge in [-0.15, -0.1) is 0 Å². The Labute approximate surface area is 178 Å². The summed E-state index contributed by atoms with van der Waals surface area (Å²) in [5.41, 5.74) is 2.60. The number of hydrogen-bond acceptors (Lipinski definition) is 4. The molecule has 0 radical (unpaired) electrons. The number of likely N-dealkylation sites (N-methyl/N-ethyl adjacent to an activating group) is 2. The van der Waals surface area contributed by atoms with Gasteiger partial charge in [0, 0.05) is 51.5 Å². The highest BCUT2D eigenvalue weighted by Crippen LogP contribution is 2.14. The van der Waals surface area contributed by atoms with Gasteiger partial charge >= 0.3 is 0 Å². The molecular weight excluding hydrogens is 360 g/mol. The second-order valence-electron chi connectivity index (χ2n) is 7.96. The molecule has 1 saturated heterocycles. The summed E-state index contributed by atoms with van der Waals surface area (Å²) < 4.78 is 0. The Balaban J connectivity index is 1.73. The van der Waals surface area contributed by atoms with Gasteiger partial charge in [0.1, 0.15) is 0 Å². The molecule has 6 heteroatoms. The smallest absolute Gasteiger partial charge is 0.191 e. The number of aryl methyl sites for hydroxylation is 1. The number of aliphatic imine (C=N–C) groups is 1. The van der Waals surface area contributed by atoms with Crippen molar-refractivity contribution in [2.45, 2.75) is 33.6 Å². The largest absolute Gasteiger partial charge is 0.370 e. The van der Waals surface area contributed by atoms with E-state index in [0.717, 1.165) is 51.6 Å². The van der Waals surface area contributed by atoms with Crippen molar-refractivity contribution in [2.24, 2.45) is 4.99 Å². The van der Waals surface area contributed by atoms with E-state index in [-0.39, 0.29) is 0 Å². The Morgan fingerprint density at radius 1 is 1.14 bits per heavy atom. The second kappa shape index (κ2) is 13.4. The molecule has 0 spiro atoms. The summed E-state index contributed by atoms with van der Waals surface area (Å²) in [6.07, 6.45) is 2.39. The molecule has 0 bridgehead atoms. The van der Waals surface area contributed by atoms with Crippen molar-refractivity contribution in [3.63, 3.8) is 0 Å². The first-order valence-electron chi connectivity index (χ1n) is 11.4. The molecule has 0 aliphatic carbocycles. The molecule has 1 aromatic carbocycles. The maximum atomic E-state index is 4.78. The average Bonchev–Trinajstić information content (AvgIpc) is 2.92. The van der Waals surface area contributed by atoms with Crippen LogP contribution in [-0.4, -0.2) is 88.3 Å². The van der Waals surface area contributed by atoms with Crippen LogP contribution in [0.5, 0.6) is 0 Å². The Kier molecular flexibility index (Phi) is 10.9. The summed E-state index contributed by atoms with van der Waals surface area (Å²) in [4.78, 5) is 12.2. The van der Waals surface area contributed by atoms with Crippen LogP contribution < -0.4 is 15.5 Å². The summed E-state index contributed by atoms with van der Waals surface area (Å²) in [5, 5.41) is 6.88. The van der Waals surface area contributed by atoms with Crippen molar-refractivity contribution in [1.29, 1.82) is 0 Å². The molecule has 2 rings (SSSR count). The maximum Gasteiger partial charge on any atom is 0.191 e. The summed E-state index contributed by atoms with van der Waals surface area (Å²) in [5.74, 6) is 0.934. The van der Waals surface area contributed by atoms with Gasteiger partial charge in [-0.25, -0.2) is 0 Å². The normalized spacial score (nSPS) is 16.5. The van der Waals surface area contributed by atoms with Crippen molar-refractivity contribution in [1.82, 2.24) is 20.4 Å². The van der Waals surface area contributed by atoms with Crippen LogP contribution in [0.1, 0.15) is 32.3 Å². The molecule has 0 aromatic heterocycles. The predicted molar refractivity (Wildman–Crippen MR) is 126 cm³/mol. The molecule has 2 N–H and O–H groups in total. The Bertz CT molecular complexity index is 603. The first-order chi connectivity index (χ1) is 14.1. The molecular formula is C23H42N6. The summed E-state index contributed by atoms with van der Waals surface area (Å²) in [6, 6.07) is 8.73. The number of nitrogens with one attached hydrogen (secondary N) is 2. The van der Waals surface area contributed by atoms with Gasteiger partial charge in [0.2, 0.25) is 0 Å². The van der Waals surface area contributed by atoms with Gasteiger partial charge in [-0.2, -0.15) is 0 Å². The fraction of sp³-hybridized carbons (Fsp3) is 0.696. The van der Waals surface area contributed by atoms with E-state index < -0.39 is 0 Å². The molecule has 1 fully saturated rings. The number of nitrogens with zero attached hydrogens (tertiary/aromatic N) is 4. The maximum absolute atomic E-state index is 4.78. The number of anilines is 1. The van der Waals surface area contributed by atoms with E-state index in [1.165, 1.54) is 43.9 Å². The summed E-state index contributed by atoms with van der Waals surface area (Å²) >= 11 is 0. The molecule has 164 valence electrons. The van der Waals surface area contributed by atoms with Crippen molar-refractivity contribution in [3.8, 4) is 0 Å². The number of benzene rings is 1. The minimum Gasteiger partial charge on any atom is -0.370 e. The van der Waals surface area contributed by atoms with E-state index in [0.29, 0.717) is 0 Å². The fourth-order valence-corrected chi connectivity index (χ4v) is 3.75. The zero-order valence-electron chi connectivity index (χ0n) is 19.1. The molecule has 1 aliphatic rings. The predicted octanol–water partition coefficient (Wildman–Crippen LogP) is 2.40. The lowest BCUT2D eigenvalue weighted by Gasteiger charge is -2.24. The van der Waals surface area contributed by atoms with Crippen LogP contribution in [-0.2, 0) is 0 Å². The van der Waals surface area contributed by atoms with Crippen LogP contribution in [0.2, 0.25) is 0 Å². The lowest BCUT2D eigenvalue weighted by Crippen LogP contribution is -2.41. The molecule has 0 amide bonds. The molecule has 0 unspecified atom stereocenters. The van der Waals surface area contributed by atoms with E-state index in [1.807, 2.05) is 0 Å². The third kappa shape index (κ3) is 9.05. The first kappa shape index (κ1) is 23.5. The second-order valence-corrected chi connectivity index (χ2v) is 7.96. The highest BCUT2D eigenvalue weighted by molar-refractivity contribution is 5.79. The van der Waals surface area contributed by atoms with Gasteiger partial charge in [0.05, 0.1) is 0 Å². The van der Waals surface area contributed by atoms with E-state index in [1.54, 1.807) is 0 Å². The Morgan fingerprint density at radius 2 is 2.00 bits per heavy atom. The Morgan fingerprint density at radius 3 is 2.76 bits per heavy atom. The quantitative estimate of drug-likeness (QED) is 0.358. The van der Waals surface area contributed by atoms with Crippen LogP contribution in [0.15, 0.2) is 29.3 Å². The molecule has 1 aromatic rings. The van der Waals surface area contributed by atoms with Crippen LogP contribution in [0.25, 0.3) is 0 Å². The topological polar surface area (TPSA) is 46.1 Å². The molecule has 6 nitrogen and oxygen atoms in total. The van der Waals surface area contributed by atoms with Crippen LogP contribution in [0, 0.1) is 6.92 Å². The van der Waals surface area contributed by atoms with E-state index >= 15 is 0 Å². The van der Waals surface area contributed by atoms with Crippen molar-refractivity contribution in [3.05, 3.63) is 29.8 Å². The SMILES string of the molecule is CCNC(=NCCCN1CCCN(C)CC1)NCCN(CC)c1cccc(C)c1. The van der Waals surface area contributed by atoms with Crippen LogP contribution in [0.4, 0.5) is 5.69 Å². The lowest BCUT2D eigenvalue weighted by atomic mass is 10.2. The fourth-order valence-electron chi connectivity index (χ4n) is 3.75. The van der Waals surface area contributed by atoms with E-state index in [2.05, 4.69) is 77.4 Å². The van der Waals surface area contributed by atoms with Crippen LogP contribution in [0.3, 0.4) is 0 Å². The standard InChI is InChI=1S/C23H42N6/c1-5-24-23(25-12-8-15-28-16-9-14-27(4)18-19-28)26-13-17-29(6-2)22-11-7-10-21(3)20-22/h7,10-11,20H,5-6,8-9,12-19H2,1-4H3,(H2,24,25,26). The summed E-state index contributed by atoms with van der Waals surface area (Å²) in [6.45, 7) is 17.0. The molecule has 1 heterocycles. The zero-order valence-corrected chi connectivity index (χ0v) is 19.1. The lowest BCUT2D eigenvalue weighted by molar-refractivity contribution is 0.275. The average molecular weight is 403 g/mol. The van der Waals surface area contributed by atoms with Gasteiger partial charge in [-0.1, -0.05) is 12.1 Å². The van der Waals surface area contributed by atoms with Gasteiger partial charge in [-0.3, -0.25) is 4.99 Å². The third-order valence-electron chi connectivity index (χ3n) is 5.48. The minimum absolute atomic E-state index is 0.872. The number of guanidine groups is 1. The number of rotatable bonds is 10. The van der Waals surface area contributed by atoms with Crippen molar-refractivity contribution < 1.29 is 0 Å². The zero-order chi connectivity index (χ0) is 20.9. The third-order valence-corrected chi connectivity index (χ3v) is 5.48. The molecule has 0 saturated carbocycles.